The summed E-state index contributed by atoms with van der Waals surface area (Å²) in [5, 5.41) is 0.411. The third-order valence-corrected chi connectivity index (χ3v) is 3.40. The van der Waals surface area contributed by atoms with Crippen molar-refractivity contribution in [1.82, 2.24) is 9.97 Å². The van der Waals surface area contributed by atoms with Crippen LogP contribution in [0.2, 0.25) is 5.15 Å². The quantitative estimate of drug-likeness (QED) is 0.788. The second-order valence-electron chi connectivity index (χ2n) is 4.63. The van der Waals surface area contributed by atoms with Gasteiger partial charge in [0.1, 0.15) is 22.5 Å². The van der Waals surface area contributed by atoms with E-state index >= 15 is 0 Å². The van der Waals surface area contributed by atoms with E-state index in [4.69, 9.17) is 16.3 Å². The Kier molecular flexibility index (Phi) is 3.11. The fraction of sp³-hybridized carbons (Fsp3) is 0.286. The number of halogens is 2. The predicted octanol–water partition coefficient (Wildman–Crippen LogP) is 4.25. The van der Waals surface area contributed by atoms with Crippen molar-refractivity contribution in [3.63, 3.8) is 0 Å². The van der Waals surface area contributed by atoms with Crippen LogP contribution in [0, 0.1) is 12.7 Å². The van der Waals surface area contributed by atoms with Crippen LogP contribution in [0.15, 0.2) is 24.3 Å². The standard InChI is InChI=1S/C14H12ClFN2O/c1-8-12(15)17-13(9-2-3-9)18-14(8)19-11-6-4-10(16)5-7-11/h4-7,9H,2-3H2,1H3. The molecule has 3 nitrogen and oxygen atoms in total. The van der Waals surface area contributed by atoms with E-state index in [0.29, 0.717) is 28.3 Å². The van der Waals surface area contributed by atoms with Crippen LogP contribution in [0.1, 0.15) is 30.1 Å². The number of ether oxygens (including phenoxy) is 1. The lowest BCUT2D eigenvalue weighted by atomic mass is 10.3. The molecule has 1 heterocycles. The van der Waals surface area contributed by atoms with Gasteiger partial charge >= 0.3 is 0 Å². The van der Waals surface area contributed by atoms with Crippen molar-refractivity contribution in [2.24, 2.45) is 0 Å². The van der Waals surface area contributed by atoms with Crippen molar-refractivity contribution < 1.29 is 9.13 Å². The van der Waals surface area contributed by atoms with Gasteiger partial charge in [0.05, 0.1) is 0 Å². The molecule has 0 radical (unpaired) electrons. The Morgan fingerprint density at radius 1 is 1.21 bits per heavy atom. The Hall–Kier alpha value is -1.68. The monoisotopic (exact) mass is 278 g/mol. The SMILES string of the molecule is Cc1c(Cl)nc(C2CC2)nc1Oc1ccc(F)cc1. The highest BCUT2D eigenvalue weighted by atomic mass is 35.5. The summed E-state index contributed by atoms with van der Waals surface area (Å²) in [6.07, 6.45) is 2.19. The van der Waals surface area contributed by atoms with Crippen LogP contribution in [0.25, 0.3) is 0 Å². The van der Waals surface area contributed by atoms with E-state index in [1.54, 1.807) is 19.1 Å². The van der Waals surface area contributed by atoms with E-state index in [1.165, 1.54) is 12.1 Å². The van der Waals surface area contributed by atoms with Gasteiger partial charge in [0.15, 0.2) is 0 Å². The average molecular weight is 279 g/mol. The molecule has 0 saturated heterocycles. The Morgan fingerprint density at radius 2 is 1.89 bits per heavy atom. The highest BCUT2D eigenvalue weighted by Crippen LogP contribution is 2.40. The summed E-state index contributed by atoms with van der Waals surface area (Å²) in [6.45, 7) is 1.80. The molecule has 0 aliphatic heterocycles. The lowest BCUT2D eigenvalue weighted by Crippen LogP contribution is -2.00. The van der Waals surface area contributed by atoms with Gasteiger partial charge in [-0.1, -0.05) is 11.6 Å². The minimum atomic E-state index is -0.302. The van der Waals surface area contributed by atoms with Crippen molar-refractivity contribution >= 4 is 11.6 Å². The molecule has 1 aromatic heterocycles. The van der Waals surface area contributed by atoms with Crippen molar-refractivity contribution in [3.05, 3.63) is 46.6 Å². The van der Waals surface area contributed by atoms with Crippen LogP contribution in [-0.4, -0.2) is 9.97 Å². The first-order valence-electron chi connectivity index (χ1n) is 6.11. The number of nitrogens with zero attached hydrogens (tertiary/aromatic N) is 2. The topological polar surface area (TPSA) is 35.0 Å². The third-order valence-electron chi connectivity index (χ3n) is 3.03. The molecule has 0 N–H and O–H groups in total. The van der Waals surface area contributed by atoms with Gasteiger partial charge in [-0.2, -0.15) is 4.98 Å². The second kappa shape index (κ2) is 4.78. The Morgan fingerprint density at radius 3 is 2.53 bits per heavy atom. The van der Waals surface area contributed by atoms with Crippen LogP contribution in [-0.2, 0) is 0 Å². The number of rotatable bonds is 3. The number of benzene rings is 1. The highest BCUT2D eigenvalue weighted by molar-refractivity contribution is 6.30. The molecule has 0 spiro atoms. The van der Waals surface area contributed by atoms with Gasteiger partial charge in [-0.25, -0.2) is 9.37 Å². The first kappa shape index (κ1) is 12.4. The molecule has 0 atom stereocenters. The molecule has 0 bridgehead atoms. The molecule has 5 heteroatoms. The van der Waals surface area contributed by atoms with Crippen molar-refractivity contribution in [3.8, 4) is 11.6 Å². The molecule has 1 aliphatic carbocycles. The summed E-state index contributed by atoms with van der Waals surface area (Å²) < 4.78 is 18.5. The van der Waals surface area contributed by atoms with E-state index < -0.39 is 0 Å². The third kappa shape index (κ3) is 2.68. The molecule has 19 heavy (non-hydrogen) atoms. The second-order valence-corrected chi connectivity index (χ2v) is 4.99. The predicted molar refractivity (Wildman–Crippen MR) is 70.2 cm³/mol. The van der Waals surface area contributed by atoms with Gasteiger partial charge in [0.2, 0.25) is 5.88 Å². The van der Waals surface area contributed by atoms with E-state index in [9.17, 15) is 4.39 Å². The molecule has 1 aromatic carbocycles. The zero-order valence-electron chi connectivity index (χ0n) is 10.4. The van der Waals surface area contributed by atoms with Crippen molar-refractivity contribution in [2.45, 2.75) is 25.7 Å². The van der Waals surface area contributed by atoms with Gasteiger partial charge in [-0.15, -0.1) is 0 Å². The van der Waals surface area contributed by atoms with Crippen LogP contribution < -0.4 is 4.74 Å². The first-order chi connectivity index (χ1) is 9.13. The highest BCUT2D eigenvalue weighted by Gasteiger charge is 2.28. The lowest BCUT2D eigenvalue weighted by Gasteiger charge is -2.10. The number of hydrogen-bond donors (Lipinski definition) is 0. The largest absolute Gasteiger partial charge is 0.439 e. The normalized spacial score (nSPS) is 14.5. The maximum Gasteiger partial charge on any atom is 0.226 e. The molecule has 1 aliphatic rings. The minimum absolute atomic E-state index is 0.302. The number of aromatic nitrogens is 2. The molecule has 1 fully saturated rings. The zero-order chi connectivity index (χ0) is 13.4. The Balaban J connectivity index is 1.92. The zero-order valence-corrected chi connectivity index (χ0v) is 11.1. The fourth-order valence-corrected chi connectivity index (χ4v) is 1.89. The summed E-state index contributed by atoms with van der Waals surface area (Å²) in [5.41, 5.74) is 0.690. The van der Waals surface area contributed by atoms with E-state index in [0.717, 1.165) is 18.7 Å². The molecule has 0 unspecified atom stereocenters. The van der Waals surface area contributed by atoms with Crippen LogP contribution in [0.3, 0.4) is 0 Å². The Labute approximate surface area is 115 Å². The van der Waals surface area contributed by atoms with Crippen LogP contribution in [0.5, 0.6) is 11.6 Å². The first-order valence-corrected chi connectivity index (χ1v) is 6.49. The fourth-order valence-electron chi connectivity index (χ4n) is 1.72. The minimum Gasteiger partial charge on any atom is -0.439 e. The van der Waals surface area contributed by atoms with Crippen LogP contribution in [0.4, 0.5) is 4.39 Å². The smallest absolute Gasteiger partial charge is 0.226 e. The summed E-state index contributed by atoms with van der Waals surface area (Å²) in [5.74, 6) is 1.79. The maximum absolute atomic E-state index is 12.8. The van der Waals surface area contributed by atoms with Crippen LogP contribution >= 0.6 is 11.6 Å². The van der Waals surface area contributed by atoms with Gasteiger partial charge in [-0.3, -0.25) is 0 Å². The molecule has 0 amide bonds. The molecular formula is C14H12ClFN2O. The lowest BCUT2D eigenvalue weighted by molar-refractivity contribution is 0.453. The van der Waals surface area contributed by atoms with Gasteiger partial charge in [0.25, 0.3) is 0 Å². The molecular weight excluding hydrogens is 267 g/mol. The van der Waals surface area contributed by atoms with Crippen molar-refractivity contribution in [2.75, 3.05) is 0 Å². The van der Waals surface area contributed by atoms with E-state index in [1.807, 2.05) is 0 Å². The van der Waals surface area contributed by atoms with Gasteiger partial charge < -0.3 is 4.74 Å². The summed E-state index contributed by atoms with van der Waals surface area (Å²) in [7, 11) is 0. The molecule has 3 rings (SSSR count). The summed E-state index contributed by atoms with van der Waals surface area (Å²) >= 11 is 6.09. The Bertz CT molecular complexity index is 612. The van der Waals surface area contributed by atoms with E-state index in [2.05, 4.69) is 9.97 Å². The van der Waals surface area contributed by atoms with Crippen molar-refractivity contribution in [1.29, 1.82) is 0 Å². The molecule has 98 valence electrons. The number of hydrogen-bond acceptors (Lipinski definition) is 3. The van der Waals surface area contributed by atoms with Gasteiger partial charge in [-0.05, 0) is 44.0 Å². The summed E-state index contributed by atoms with van der Waals surface area (Å²) in [4.78, 5) is 8.67. The molecule has 2 aromatic rings. The molecule has 1 saturated carbocycles. The van der Waals surface area contributed by atoms with Gasteiger partial charge in [0, 0.05) is 11.5 Å². The maximum atomic E-state index is 12.8. The van der Waals surface area contributed by atoms with E-state index in [-0.39, 0.29) is 5.82 Å². The average Bonchev–Trinajstić information content (AvgIpc) is 3.21. The summed E-state index contributed by atoms with van der Waals surface area (Å²) in [6, 6.07) is 5.80.